The van der Waals surface area contributed by atoms with Crippen molar-refractivity contribution in [1.29, 1.82) is 0 Å². The highest BCUT2D eigenvalue weighted by atomic mass is 35.5. The van der Waals surface area contributed by atoms with E-state index in [0.29, 0.717) is 17.5 Å². The number of hydrogen-bond acceptors (Lipinski definition) is 2. The Balaban J connectivity index is 1.84. The lowest BCUT2D eigenvalue weighted by Gasteiger charge is -2.27. The molecule has 80 valence electrons. The van der Waals surface area contributed by atoms with Crippen LogP contribution < -0.4 is 10.6 Å². The van der Waals surface area contributed by atoms with Crippen LogP contribution in [0.15, 0.2) is 24.3 Å². The van der Waals surface area contributed by atoms with Gasteiger partial charge in [-0.2, -0.15) is 0 Å². The van der Waals surface area contributed by atoms with Gasteiger partial charge in [-0.15, -0.1) is 0 Å². The smallest absolute Gasteiger partial charge is 0.224 e. The third kappa shape index (κ3) is 2.94. The predicted molar refractivity (Wildman–Crippen MR) is 60.0 cm³/mol. The maximum Gasteiger partial charge on any atom is 0.224 e. The maximum absolute atomic E-state index is 11.5. The number of benzene rings is 1. The van der Waals surface area contributed by atoms with E-state index in [0.717, 1.165) is 18.7 Å². The van der Waals surface area contributed by atoms with Crippen LogP contribution >= 0.6 is 11.6 Å². The van der Waals surface area contributed by atoms with Crippen molar-refractivity contribution in [2.45, 2.75) is 12.5 Å². The lowest BCUT2D eigenvalue weighted by Crippen LogP contribution is -2.57. The van der Waals surface area contributed by atoms with Crippen molar-refractivity contribution in [1.82, 2.24) is 10.6 Å². The summed E-state index contributed by atoms with van der Waals surface area (Å²) < 4.78 is 0. The molecule has 1 saturated heterocycles. The first-order chi connectivity index (χ1) is 7.24. The summed E-state index contributed by atoms with van der Waals surface area (Å²) in [4.78, 5) is 11.5. The van der Waals surface area contributed by atoms with Gasteiger partial charge in [0.15, 0.2) is 0 Å². The molecule has 2 N–H and O–H groups in total. The van der Waals surface area contributed by atoms with Gasteiger partial charge in [0.2, 0.25) is 5.91 Å². The summed E-state index contributed by atoms with van der Waals surface area (Å²) in [5, 5.41) is 6.75. The Labute approximate surface area is 93.8 Å². The molecule has 2 rings (SSSR count). The van der Waals surface area contributed by atoms with Crippen molar-refractivity contribution in [3.05, 3.63) is 34.9 Å². The van der Waals surface area contributed by atoms with Gasteiger partial charge in [0.1, 0.15) is 0 Å². The van der Waals surface area contributed by atoms with E-state index in [4.69, 9.17) is 11.6 Å². The molecule has 0 spiro atoms. The largest absolute Gasteiger partial charge is 0.351 e. The predicted octanol–water partition coefficient (Wildman–Crippen LogP) is 0.970. The van der Waals surface area contributed by atoms with Crippen molar-refractivity contribution in [2.24, 2.45) is 0 Å². The van der Waals surface area contributed by atoms with Gasteiger partial charge in [0.25, 0.3) is 0 Å². The van der Waals surface area contributed by atoms with Crippen LogP contribution in [-0.4, -0.2) is 25.0 Å². The summed E-state index contributed by atoms with van der Waals surface area (Å²) in [6, 6.07) is 7.66. The van der Waals surface area contributed by atoms with Crippen LogP contribution in [0.4, 0.5) is 0 Å². The molecule has 1 fully saturated rings. The highest BCUT2D eigenvalue weighted by Crippen LogP contribution is 2.09. The Morgan fingerprint density at radius 2 is 2.07 bits per heavy atom. The van der Waals surface area contributed by atoms with Crippen molar-refractivity contribution in [2.75, 3.05) is 13.1 Å². The minimum atomic E-state index is 0.0730. The zero-order valence-corrected chi connectivity index (χ0v) is 9.05. The van der Waals surface area contributed by atoms with E-state index >= 15 is 0 Å². The Morgan fingerprint density at radius 1 is 1.40 bits per heavy atom. The number of carbonyl (C=O) groups excluding carboxylic acids is 1. The number of nitrogens with one attached hydrogen (secondary N) is 2. The standard InChI is InChI=1S/C11H13ClN2O/c12-9-3-1-8(2-4-9)5-11(15)14-10-6-13-7-10/h1-4,10,13H,5-7H2,(H,14,15). The highest BCUT2D eigenvalue weighted by Gasteiger charge is 2.18. The topological polar surface area (TPSA) is 41.1 Å². The second-order valence-corrected chi connectivity index (χ2v) is 4.16. The van der Waals surface area contributed by atoms with E-state index in [-0.39, 0.29) is 5.91 Å². The van der Waals surface area contributed by atoms with Gasteiger partial charge in [0.05, 0.1) is 12.5 Å². The minimum absolute atomic E-state index is 0.0730. The van der Waals surface area contributed by atoms with Crippen molar-refractivity contribution in [3.8, 4) is 0 Å². The third-order valence-corrected chi connectivity index (χ3v) is 2.68. The van der Waals surface area contributed by atoms with Gasteiger partial charge in [-0.05, 0) is 17.7 Å². The fourth-order valence-electron chi connectivity index (χ4n) is 1.46. The van der Waals surface area contributed by atoms with Gasteiger partial charge in [-0.25, -0.2) is 0 Å². The number of amides is 1. The molecule has 0 bridgehead atoms. The lowest BCUT2D eigenvalue weighted by atomic mass is 10.1. The van der Waals surface area contributed by atoms with Crippen LogP contribution in [0.3, 0.4) is 0 Å². The molecule has 0 radical (unpaired) electrons. The van der Waals surface area contributed by atoms with E-state index < -0.39 is 0 Å². The van der Waals surface area contributed by atoms with Gasteiger partial charge in [-0.1, -0.05) is 23.7 Å². The Bertz CT molecular complexity index is 346. The Morgan fingerprint density at radius 3 is 2.60 bits per heavy atom. The van der Waals surface area contributed by atoms with Gasteiger partial charge in [0, 0.05) is 18.1 Å². The van der Waals surface area contributed by atoms with Crippen molar-refractivity contribution < 1.29 is 4.79 Å². The normalized spacial score (nSPS) is 15.8. The average Bonchev–Trinajstić information content (AvgIpc) is 2.16. The average molecular weight is 225 g/mol. The summed E-state index contributed by atoms with van der Waals surface area (Å²) >= 11 is 5.76. The van der Waals surface area contributed by atoms with Gasteiger partial charge < -0.3 is 10.6 Å². The molecule has 3 nitrogen and oxygen atoms in total. The fourth-order valence-corrected chi connectivity index (χ4v) is 1.58. The minimum Gasteiger partial charge on any atom is -0.351 e. The first kappa shape index (κ1) is 10.5. The Hall–Kier alpha value is -1.06. The summed E-state index contributed by atoms with van der Waals surface area (Å²) in [6.07, 6.45) is 0.424. The molecule has 15 heavy (non-hydrogen) atoms. The van der Waals surface area contributed by atoms with Crippen molar-refractivity contribution >= 4 is 17.5 Å². The second kappa shape index (κ2) is 4.64. The maximum atomic E-state index is 11.5. The molecule has 0 atom stereocenters. The van der Waals surface area contributed by atoms with E-state index in [1.165, 1.54) is 0 Å². The molecule has 1 amide bonds. The van der Waals surface area contributed by atoms with E-state index in [1.54, 1.807) is 12.1 Å². The summed E-state index contributed by atoms with van der Waals surface area (Å²) in [7, 11) is 0. The Kier molecular flexibility index (Phi) is 3.23. The molecule has 0 aromatic heterocycles. The highest BCUT2D eigenvalue weighted by molar-refractivity contribution is 6.30. The molecule has 0 saturated carbocycles. The number of halogens is 1. The van der Waals surface area contributed by atoms with E-state index in [1.807, 2.05) is 12.1 Å². The van der Waals surface area contributed by atoms with Crippen LogP contribution in [0, 0.1) is 0 Å². The molecule has 0 unspecified atom stereocenters. The number of rotatable bonds is 3. The van der Waals surface area contributed by atoms with Crippen LogP contribution in [0.2, 0.25) is 5.02 Å². The lowest BCUT2D eigenvalue weighted by molar-refractivity contribution is -0.121. The monoisotopic (exact) mass is 224 g/mol. The number of hydrogen-bond donors (Lipinski definition) is 2. The van der Waals surface area contributed by atoms with Gasteiger partial charge >= 0.3 is 0 Å². The van der Waals surface area contributed by atoms with Gasteiger partial charge in [-0.3, -0.25) is 4.79 Å². The molecule has 4 heteroatoms. The molecule has 1 aliphatic rings. The summed E-state index contributed by atoms with van der Waals surface area (Å²) in [5.74, 6) is 0.0730. The van der Waals surface area contributed by atoms with Crippen LogP contribution in [0.1, 0.15) is 5.56 Å². The first-order valence-electron chi connectivity index (χ1n) is 4.98. The molecule has 1 heterocycles. The molecule has 1 aliphatic heterocycles. The van der Waals surface area contributed by atoms with Crippen LogP contribution in [0.25, 0.3) is 0 Å². The molecular formula is C11H13ClN2O. The van der Waals surface area contributed by atoms with E-state index in [9.17, 15) is 4.79 Å². The first-order valence-corrected chi connectivity index (χ1v) is 5.36. The quantitative estimate of drug-likeness (QED) is 0.804. The summed E-state index contributed by atoms with van der Waals surface area (Å²) in [6.45, 7) is 1.76. The molecular weight excluding hydrogens is 212 g/mol. The zero-order chi connectivity index (χ0) is 10.7. The second-order valence-electron chi connectivity index (χ2n) is 3.73. The molecule has 0 aliphatic carbocycles. The van der Waals surface area contributed by atoms with E-state index in [2.05, 4.69) is 10.6 Å². The summed E-state index contributed by atoms with van der Waals surface area (Å²) in [5.41, 5.74) is 0.990. The fraction of sp³-hybridized carbons (Fsp3) is 0.364. The molecule has 1 aromatic rings. The van der Waals surface area contributed by atoms with Crippen molar-refractivity contribution in [3.63, 3.8) is 0 Å². The molecule has 1 aromatic carbocycles. The SMILES string of the molecule is O=C(Cc1ccc(Cl)cc1)NC1CNC1. The van der Waals surface area contributed by atoms with Crippen LogP contribution in [0.5, 0.6) is 0 Å². The van der Waals surface area contributed by atoms with Crippen LogP contribution in [-0.2, 0) is 11.2 Å². The number of carbonyl (C=O) groups is 1. The zero-order valence-electron chi connectivity index (χ0n) is 8.29. The third-order valence-electron chi connectivity index (χ3n) is 2.42.